The number of nitrogens with one attached hydrogen (secondary N) is 1. The first kappa shape index (κ1) is 12.0. The van der Waals surface area contributed by atoms with Gasteiger partial charge in [-0.05, 0) is 24.3 Å². The van der Waals surface area contributed by atoms with Crippen molar-refractivity contribution in [1.82, 2.24) is 0 Å². The highest BCUT2D eigenvalue weighted by molar-refractivity contribution is 6.30. The molecule has 3 rings (SSSR count). The number of fused-ring (bicyclic) bond motifs is 1. The van der Waals surface area contributed by atoms with E-state index in [9.17, 15) is 0 Å². The molecule has 1 unspecified atom stereocenters. The van der Waals surface area contributed by atoms with E-state index >= 15 is 0 Å². The van der Waals surface area contributed by atoms with E-state index in [1.165, 1.54) is 0 Å². The van der Waals surface area contributed by atoms with Gasteiger partial charge in [0.05, 0.1) is 0 Å². The van der Waals surface area contributed by atoms with Crippen molar-refractivity contribution >= 4 is 23.1 Å². The molecule has 0 aliphatic carbocycles. The molecule has 0 saturated heterocycles. The minimum atomic E-state index is -1.07. The van der Waals surface area contributed by atoms with Gasteiger partial charge in [-0.3, -0.25) is 5.73 Å². The predicted molar refractivity (Wildman–Crippen MR) is 78.1 cm³/mol. The lowest BCUT2D eigenvalue weighted by Gasteiger charge is -2.33. The molecule has 1 heterocycles. The lowest BCUT2D eigenvalue weighted by atomic mass is 10.0. The van der Waals surface area contributed by atoms with E-state index in [0.29, 0.717) is 10.9 Å². The standard InChI is InChI=1S/C14H13ClN4/c15-10-7-5-9(6-8-10)14(17)18-12-4-2-1-3-11(12)13(16)19-14/h1-8,18H,17H2,(H2,16,19). The Morgan fingerprint density at radius 3 is 2.47 bits per heavy atom. The number of halogens is 1. The van der Waals surface area contributed by atoms with E-state index < -0.39 is 5.79 Å². The topological polar surface area (TPSA) is 76.4 Å². The molecule has 0 aromatic heterocycles. The van der Waals surface area contributed by atoms with E-state index in [4.69, 9.17) is 23.1 Å². The van der Waals surface area contributed by atoms with Crippen LogP contribution in [0.5, 0.6) is 0 Å². The van der Waals surface area contributed by atoms with Gasteiger partial charge in [0.1, 0.15) is 5.84 Å². The lowest BCUT2D eigenvalue weighted by molar-refractivity contribution is 0.537. The van der Waals surface area contributed by atoms with Crippen molar-refractivity contribution < 1.29 is 0 Å². The SMILES string of the molecule is NC1=NC(N)(c2ccc(Cl)cc2)Nc2ccccc21. The normalized spacial score (nSPS) is 21.3. The summed E-state index contributed by atoms with van der Waals surface area (Å²) in [4.78, 5) is 4.37. The van der Waals surface area contributed by atoms with Crippen LogP contribution in [0.15, 0.2) is 53.5 Å². The first-order valence-corrected chi connectivity index (χ1v) is 6.24. The van der Waals surface area contributed by atoms with Gasteiger partial charge < -0.3 is 11.1 Å². The number of rotatable bonds is 1. The Kier molecular flexibility index (Phi) is 2.69. The molecule has 5 heteroatoms. The van der Waals surface area contributed by atoms with Crippen molar-refractivity contribution in [3.8, 4) is 0 Å². The lowest BCUT2D eigenvalue weighted by Crippen LogP contribution is -2.47. The van der Waals surface area contributed by atoms with Crippen LogP contribution < -0.4 is 16.8 Å². The van der Waals surface area contributed by atoms with Crippen molar-refractivity contribution in [3.05, 3.63) is 64.7 Å². The number of para-hydroxylation sites is 1. The van der Waals surface area contributed by atoms with Gasteiger partial charge in [0.25, 0.3) is 0 Å². The van der Waals surface area contributed by atoms with Gasteiger partial charge >= 0.3 is 0 Å². The number of benzene rings is 2. The van der Waals surface area contributed by atoms with E-state index in [1.807, 2.05) is 36.4 Å². The summed E-state index contributed by atoms with van der Waals surface area (Å²) in [6.07, 6.45) is 0. The van der Waals surface area contributed by atoms with E-state index in [0.717, 1.165) is 16.8 Å². The van der Waals surface area contributed by atoms with Crippen LogP contribution in [0.2, 0.25) is 5.02 Å². The molecule has 96 valence electrons. The average Bonchev–Trinajstić information content (AvgIpc) is 2.39. The number of nitrogens with two attached hydrogens (primary N) is 2. The van der Waals surface area contributed by atoms with Crippen LogP contribution in [-0.2, 0) is 5.79 Å². The third kappa shape index (κ3) is 2.05. The molecule has 1 aliphatic rings. The van der Waals surface area contributed by atoms with Gasteiger partial charge in [0, 0.05) is 21.8 Å². The maximum Gasteiger partial charge on any atom is 0.211 e. The van der Waals surface area contributed by atoms with Crippen molar-refractivity contribution in [2.24, 2.45) is 16.5 Å². The fourth-order valence-electron chi connectivity index (χ4n) is 2.14. The fraction of sp³-hybridized carbons (Fsp3) is 0.0714. The van der Waals surface area contributed by atoms with Crippen LogP contribution in [0.25, 0.3) is 0 Å². The fourth-order valence-corrected chi connectivity index (χ4v) is 2.27. The van der Waals surface area contributed by atoms with Gasteiger partial charge in [-0.2, -0.15) is 0 Å². The molecule has 1 aliphatic heterocycles. The molecule has 4 nitrogen and oxygen atoms in total. The smallest absolute Gasteiger partial charge is 0.211 e. The molecule has 0 fully saturated rings. The minimum absolute atomic E-state index is 0.423. The number of hydrogen-bond acceptors (Lipinski definition) is 4. The van der Waals surface area contributed by atoms with Gasteiger partial charge in [0.15, 0.2) is 0 Å². The Bertz CT molecular complexity index is 651. The predicted octanol–water partition coefficient (Wildman–Crippen LogP) is 2.24. The average molecular weight is 273 g/mol. The number of anilines is 1. The molecule has 0 spiro atoms. The largest absolute Gasteiger partial charge is 0.383 e. The second-order valence-corrected chi connectivity index (χ2v) is 4.88. The molecule has 2 aromatic rings. The number of amidine groups is 1. The Morgan fingerprint density at radius 2 is 1.74 bits per heavy atom. The van der Waals surface area contributed by atoms with Crippen LogP contribution in [-0.4, -0.2) is 5.84 Å². The maximum absolute atomic E-state index is 6.31. The summed E-state index contributed by atoms with van der Waals surface area (Å²) in [5, 5.41) is 3.86. The van der Waals surface area contributed by atoms with Crippen LogP contribution >= 0.6 is 11.6 Å². The maximum atomic E-state index is 6.31. The van der Waals surface area contributed by atoms with Crippen molar-refractivity contribution in [1.29, 1.82) is 0 Å². The molecule has 0 bridgehead atoms. The van der Waals surface area contributed by atoms with Crippen molar-refractivity contribution in [2.75, 3.05) is 5.32 Å². The van der Waals surface area contributed by atoms with Gasteiger partial charge in [0.2, 0.25) is 5.79 Å². The van der Waals surface area contributed by atoms with Crippen LogP contribution in [0, 0.1) is 0 Å². The second kappa shape index (κ2) is 4.26. The van der Waals surface area contributed by atoms with Crippen molar-refractivity contribution in [2.45, 2.75) is 5.79 Å². The van der Waals surface area contributed by atoms with E-state index in [1.54, 1.807) is 12.1 Å². The van der Waals surface area contributed by atoms with E-state index in [-0.39, 0.29) is 0 Å². The Morgan fingerprint density at radius 1 is 1.05 bits per heavy atom. The zero-order valence-electron chi connectivity index (χ0n) is 10.1. The van der Waals surface area contributed by atoms with Gasteiger partial charge in [-0.25, -0.2) is 4.99 Å². The zero-order valence-corrected chi connectivity index (χ0v) is 10.9. The molecule has 5 N–H and O–H groups in total. The summed E-state index contributed by atoms with van der Waals surface area (Å²) in [7, 11) is 0. The highest BCUT2D eigenvalue weighted by atomic mass is 35.5. The number of hydrogen-bond donors (Lipinski definition) is 3. The highest BCUT2D eigenvalue weighted by Crippen LogP contribution is 2.30. The Hall–Kier alpha value is -2.04. The summed E-state index contributed by atoms with van der Waals surface area (Å²) >= 11 is 5.88. The first-order chi connectivity index (χ1) is 9.08. The van der Waals surface area contributed by atoms with Crippen LogP contribution in [0.4, 0.5) is 5.69 Å². The van der Waals surface area contributed by atoms with Crippen LogP contribution in [0.3, 0.4) is 0 Å². The molecular formula is C14H13ClN4. The van der Waals surface area contributed by atoms with Crippen LogP contribution in [0.1, 0.15) is 11.1 Å². The van der Waals surface area contributed by atoms with E-state index in [2.05, 4.69) is 10.3 Å². The quantitative estimate of drug-likeness (QED) is 0.745. The monoisotopic (exact) mass is 272 g/mol. The Balaban J connectivity index is 2.08. The molecule has 2 aromatic carbocycles. The summed E-state index contributed by atoms with van der Waals surface area (Å²) < 4.78 is 0. The number of aliphatic imine (C=N–C) groups is 1. The third-order valence-electron chi connectivity index (χ3n) is 3.11. The summed E-state index contributed by atoms with van der Waals surface area (Å²) in [6, 6.07) is 14.9. The summed E-state index contributed by atoms with van der Waals surface area (Å²) in [6.45, 7) is 0. The highest BCUT2D eigenvalue weighted by Gasteiger charge is 2.31. The van der Waals surface area contributed by atoms with Gasteiger partial charge in [-0.15, -0.1) is 0 Å². The van der Waals surface area contributed by atoms with Gasteiger partial charge in [-0.1, -0.05) is 35.9 Å². The molecule has 19 heavy (non-hydrogen) atoms. The molecule has 1 atom stereocenters. The first-order valence-electron chi connectivity index (χ1n) is 5.86. The third-order valence-corrected chi connectivity index (χ3v) is 3.36. The summed E-state index contributed by atoms with van der Waals surface area (Å²) in [5.74, 6) is -0.643. The number of nitrogens with zero attached hydrogens (tertiary/aromatic N) is 1. The second-order valence-electron chi connectivity index (χ2n) is 4.44. The van der Waals surface area contributed by atoms with Crippen molar-refractivity contribution in [3.63, 3.8) is 0 Å². The molecule has 0 saturated carbocycles. The molecule has 0 radical (unpaired) electrons. The Labute approximate surface area is 116 Å². The minimum Gasteiger partial charge on any atom is -0.383 e. The summed E-state index contributed by atoms with van der Waals surface area (Å²) in [5.41, 5.74) is 14.8. The zero-order chi connectivity index (χ0) is 13.5. The molecular weight excluding hydrogens is 260 g/mol. The molecule has 0 amide bonds.